The van der Waals surface area contributed by atoms with Crippen molar-refractivity contribution in [3.63, 3.8) is 0 Å². The number of nitrogens with zero attached hydrogens (tertiary/aromatic N) is 3. The quantitative estimate of drug-likeness (QED) is 0.785. The smallest absolute Gasteiger partial charge is 0.263 e. The number of carbonyl (C=O) groups excluding carboxylic acids is 1. The van der Waals surface area contributed by atoms with Gasteiger partial charge >= 0.3 is 0 Å². The second-order valence-electron chi connectivity index (χ2n) is 5.46. The highest BCUT2D eigenvalue weighted by atomic mass is 32.1. The molecule has 0 bridgehead atoms. The van der Waals surface area contributed by atoms with E-state index in [9.17, 15) is 4.79 Å². The molecule has 0 radical (unpaired) electrons. The van der Waals surface area contributed by atoms with E-state index in [0.717, 1.165) is 30.9 Å². The van der Waals surface area contributed by atoms with Gasteiger partial charge in [-0.25, -0.2) is 4.98 Å². The lowest BCUT2D eigenvalue weighted by Crippen LogP contribution is -2.27. The van der Waals surface area contributed by atoms with Crippen LogP contribution in [0.5, 0.6) is 0 Å². The van der Waals surface area contributed by atoms with Gasteiger partial charge in [0.2, 0.25) is 0 Å². The highest BCUT2D eigenvalue weighted by molar-refractivity contribution is 7.13. The van der Waals surface area contributed by atoms with Crippen molar-refractivity contribution in [3.05, 3.63) is 16.1 Å². The van der Waals surface area contributed by atoms with E-state index in [-0.39, 0.29) is 17.7 Å². The second-order valence-corrected chi connectivity index (χ2v) is 6.52. The summed E-state index contributed by atoms with van der Waals surface area (Å²) in [6.45, 7) is 1.31. The van der Waals surface area contributed by atoms with E-state index >= 15 is 0 Å². The topological polar surface area (TPSA) is 75.9 Å². The van der Waals surface area contributed by atoms with Gasteiger partial charge in [-0.05, 0) is 12.8 Å². The minimum Gasteiger partial charge on any atom is -0.371 e. The van der Waals surface area contributed by atoms with E-state index < -0.39 is 0 Å². The number of ether oxygens (including phenoxy) is 1. The molecule has 2 aliphatic heterocycles. The van der Waals surface area contributed by atoms with Crippen LogP contribution in [0.1, 0.15) is 52.9 Å². The molecule has 116 valence electrons. The lowest BCUT2D eigenvalue weighted by atomic mass is 10.0. The fourth-order valence-corrected chi connectivity index (χ4v) is 3.36. The molecule has 22 heavy (non-hydrogen) atoms. The maximum absolute atomic E-state index is 12.1. The molecule has 0 aliphatic carbocycles. The molecule has 7 heteroatoms. The second kappa shape index (κ2) is 6.55. The monoisotopic (exact) mass is 318 g/mol. The Kier molecular flexibility index (Phi) is 4.50. The first-order valence-corrected chi connectivity index (χ1v) is 8.27. The van der Waals surface area contributed by atoms with Crippen molar-refractivity contribution in [3.8, 4) is 12.3 Å². The molecule has 0 saturated carbocycles. The van der Waals surface area contributed by atoms with Crippen molar-refractivity contribution in [1.82, 2.24) is 10.3 Å². The SMILES string of the molecule is C#CCCC1(CCNC(=O)c2cnc(C3CCCO3)s2)N=N1. The number of rotatable bonds is 7. The molecule has 1 atom stereocenters. The Morgan fingerprint density at radius 2 is 2.41 bits per heavy atom. The molecule has 3 heterocycles. The van der Waals surface area contributed by atoms with Crippen molar-refractivity contribution in [2.45, 2.75) is 43.9 Å². The predicted octanol–water partition coefficient (Wildman–Crippen LogP) is 2.69. The fourth-order valence-electron chi connectivity index (χ4n) is 2.45. The van der Waals surface area contributed by atoms with Gasteiger partial charge in [-0.2, -0.15) is 10.2 Å². The summed E-state index contributed by atoms with van der Waals surface area (Å²) in [5.41, 5.74) is -0.351. The summed E-state index contributed by atoms with van der Waals surface area (Å²) in [6, 6.07) is 0. The number of thiazole rings is 1. The van der Waals surface area contributed by atoms with Gasteiger partial charge in [0.1, 0.15) is 16.0 Å². The van der Waals surface area contributed by atoms with E-state index in [0.29, 0.717) is 24.3 Å². The van der Waals surface area contributed by atoms with Crippen LogP contribution in [-0.4, -0.2) is 29.7 Å². The molecule has 1 amide bonds. The summed E-state index contributed by atoms with van der Waals surface area (Å²) < 4.78 is 5.58. The number of amides is 1. The van der Waals surface area contributed by atoms with Crippen LogP contribution >= 0.6 is 11.3 Å². The third-order valence-corrected chi connectivity index (χ3v) is 4.90. The molecule has 1 N–H and O–H groups in total. The summed E-state index contributed by atoms with van der Waals surface area (Å²) in [5, 5.41) is 11.9. The molecular formula is C15H18N4O2S. The zero-order chi connectivity index (χ0) is 15.4. The van der Waals surface area contributed by atoms with Gasteiger partial charge < -0.3 is 10.1 Å². The largest absolute Gasteiger partial charge is 0.371 e. The predicted molar refractivity (Wildman–Crippen MR) is 82.6 cm³/mol. The van der Waals surface area contributed by atoms with E-state index in [1.165, 1.54) is 11.3 Å². The van der Waals surface area contributed by atoms with Crippen LogP contribution in [0.2, 0.25) is 0 Å². The van der Waals surface area contributed by atoms with Crippen LogP contribution in [0.25, 0.3) is 0 Å². The molecule has 1 saturated heterocycles. The van der Waals surface area contributed by atoms with Gasteiger partial charge in [-0.1, -0.05) is 0 Å². The summed E-state index contributed by atoms with van der Waals surface area (Å²) in [4.78, 5) is 17.0. The minimum atomic E-state index is -0.351. The van der Waals surface area contributed by atoms with Crippen LogP contribution in [-0.2, 0) is 4.74 Å². The summed E-state index contributed by atoms with van der Waals surface area (Å²) in [5.74, 6) is 2.49. The van der Waals surface area contributed by atoms with Gasteiger partial charge in [0.05, 0.1) is 6.20 Å². The molecular weight excluding hydrogens is 300 g/mol. The lowest BCUT2D eigenvalue weighted by molar-refractivity contribution is 0.0955. The normalized spacial score (nSPS) is 21.5. The number of carbonyl (C=O) groups is 1. The fraction of sp³-hybridized carbons (Fsp3) is 0.600. The molecule has 1 aromatic rings. The van der Waals surface area contributed by atoms with Crippen molar-refractivity contribution in [1.29, 1.82) is 0 Å². The summed E-state index contributed by atoms with van der Waals surface area (Å²) in [6.07, 6.45) is 11.1. The standard InChI is InChI=1S/C15H18N4O2S/c1-2-3-6-15(18-19-15)7-8-16-13(20)12-10-17-14(22-12)11-5-4-9-21-11/h1,10-11H,3-9H2,(H,16,20). The molecule has 1 fully saturated rings. The van der Waals surface area contributed by atoms with Gasteiger partial charge in [0.15, 0.2) is 5.66 Å². The summed E-state index contributed by atoms with van der Waals surface area (Å²) in [7, 11) is 0. The number of terminal acetylenes is 1. The van der Waals surface area contributed by atoms with Crippen LogP contribution in [0.3, 0.4) is 0 Å². The van der Waals surface area contributed by atoms with Crippen molar-refractivity contribution < 1.29 is 9.53 Å². The molecule has 1 aromatic heterocycles. The maximum atomic E-state index is 12.1. The highest BCUT2D eigenvalue weighted by Gasteiger charge is 2.38. The molecule has 1 unspecified atom stereocenters. The Balaban J connectivity index is 1.45. The zero-order valence-electron chi connectivity index (χ0n) is 12.2. The molecule has 6 nitrogen and oxygen atoms in total. The zero-order valence-corrected chi connectivity index (χ0v) is 13.1. The van der Waals surface area contributed by atoms with E-state index in [2.05, 4.69) is 26.4 Å². The van der Waals surface area contributed by atoms with Gasteiger partial charge in [-0.3, -0.25) is 4.79 Å². The van der Waals surface area contributed by atoms with E-state index in [1.807, 2.05) is 0 Å². The van der Waals surface area contributed by atoms with Crippen molar-refractivity contribution in [2.75, 3.05) is 13.2 Å². The van der Waals surface area contributed by atoms with Gasteiger partial charge in [-0.15, -0.1) is 23.7 Å². The highest BCUT2D eigenvalue weighted by Crippen LogP contribution is 2.36. The number of hydrogen-bond donors (Lipinski definition) is 1. The average molecular weight is 318 g/mol. The maximum Gasteiger partial charge on any atom is 0.263 e. The molecule has 0 spiro atoms. The Morgan fingerprint density at radius 1 is 1.55 bits per heavy atom. The Morgan fingerprint density at radius 3 is 3.09 bits per heavy atom. The van der Waals surface area contributed by atoms with Crippen LogP contribution < -0.4 is 5.32 Å². The Labute approximate surface area is 133 Å². The molecule has 3 rings (SSSR count). The third-order valence-electron chi connectivity index (χ3n) is 3.82. The van der Waals surface area contributed by atoms with Crippen molar-refractivity contribution in [2.24, 2.45) is 10.2 Å². The van der Waals surface area contributed by atoms with Gasteiger partial charge in [0.25, 0.3) is 5.91 Å². The lowest BCUT2D eigenvalue weighted by Gasteiger charge is -2.09. The third kappa shape index (κ3) is 3.51. The first-order chi connectivity index (χ1) is 10.7. The minimum absolute atomic E-state index is 0.0580. The number of nitrogens with one attached hydrogen (secondary N) is 1. The average Bonchev–Trinajstić information content (AvgIpc) is 2.98. The van der Waals surface area contributed by atoms with Crippen LogP contribution in [0, 0.1) is 12.3 Å². The number of aromatic nitrogens is 1. The van der Waals surface area contributed by atoms with Gasteiger partial charge in [0, 0.05) is 32.4 Å². The Bertz CT molecular complexity index is 607. The Hall–Kier alpha value is -1.78. The van der Waals surface area contributed by atoms with E-state index in [1.54, 1.807) is 6.20 Å². The van der Waals surface area contributed by atoms with E-state index in [4.69, 9.17) is 11.2 Å². The van der Waals surface area contributed by atoms with Crippen LogP contribution in [0.4, 0.5) is 0 Å². The first kappa shape index (κ1) is 15.1. The number of hydrogen-bond acceptors (Lipinski definition) is 6. The summed E-state index contributed by atoms with van der Waals surface area (Å²) >= 11 is 1.40. The van der Waals surface area contributed by atoms with Crippen molar-refractivity contribution >= 4 is 17.2 Å². The molecule has 2 aliphatic rings. The molecule has 0 aromatic carbocycles. The van der Waals surface area contributed by atoms with Crippen LogP contribution in [0.15, 0.2) is 16.4 Å². The first-order valence-electron chi connectivity index (χ1n) is 7.45.